The summed E-state index contributed by atoms with van der Waals surface area (Å²) in [6.45, 7) is 0.992. The number of rotatable bonds is 5. The fourth-order valence-electron chi connectivity index (χ4n) is 1.62. The van der Waals surface area contributed by atoms with E-state index < -0.39 is 0 Å². The van der Waals surface area contributed by atoms with E-state index in [9.17, 15) is 0 Å². The third kappa shape index (κ3) is 3.24. The smallest absolute Gasteiger partial charge is 0.00923 e. The van der Waals surface area contributed by atoms with Crippen molar-refractivity contribution in [2.75, 3.05) is 13.6 Å². The number of benzene rings is 1. The second-order valence-electron chi connectivity index (χ2n) is 3.41. The fourth-order valence-corrected chi connectivity index (χ4v) is 1.62. The maximum atomic E-state index is 5.28. The van der Waals surface area contributed by atoms with Gasteiger partial charge in [0.15, 0.2) is 0 Å². The Bertz CT molecular complexity index is 284. The van der Waals surface area contributed by atoms with Crippen molar-refractivity contribution < 1.29 is 0 Å². The molecule has 0 fully saturated rings. The van der Waals surface area contributed by atoms with Crippen molar-refractivity contribution in [3.8, 4) is 12.3 Å². The predicted octanol–water partition coefficient (Wildman–Crippen LogP) is 2.40. The van der Waals surface area contributed by atoms with Gasteiger partial charge in [0, 0.05) is 13.0 Å². The van der Waals surface area contributed by atoms with Crippen molar-refractivity contribution in [2.24, 2.45) is 0 Å². The summed E-state index contributed by atoms with van der Waals surface area (Å²) in [6.07, 6.45) is 7.19. The van der Waals surface area contributed by atoms with Gasteiger partial charge in [0.25, 0.3) is 0 Å². The van der Waals surface area contributed by atoms with E-state index in [0.717, 1.165) is 19.4 Å². The number of terminal acetylenes is 1. The summed E-state index contributed by atoms with van der Waals surface area (Å²) in [6, 6.07) is 10.5. The van der Waals surface area contributed by atoms with Crippen molar-refractivity contribution in [1.29, 1.82) is 0 Å². The molecule has 0 aliphatic rings. The van der Waals surface area contributed by atoms with Gasteiger partial charge in [-0.25, -0.2) is 0 Å². The van der Waals surface area contributed by atoms with Crippen LogP contribution in [-0.4, -0.2) is 13.6 Å². The molecule has 1 aromatic carbocycles. The van der Waals surface area contributed by atoms with Crippen molar-refractivity contribution in [1.82, 2.24) is 5.32 Å². The van der Waals surface area contributed by atoms with Crippen LogP contribution in [0.4, 0.5) is 0 Å². The van der Waals surface area contributed by atoms with Crippen LogP contribution in [0.3, 0.4) is 0 Å². The molecule has 0 heterocycles. The minimum absolute atomic E-state index is 0.539. The lowest BCUT2D eigenvalue weighted by Gasteiger charge is -2.15. The molecule has 0 aromatic heterocycles. The van der Waals surface area contributed by atoms with Crippen molar-refractivity contribution in [3.63, 3.8) is 0 Å². The first-order valence-corrected chi connectivity index (χ1v) is 5.01. The predicted molar refractivity (Wildman–Crippen MR) is 61.2 cm³/mol. The van der Waals surface area contributed by atoms with Crippen LogP contribution >= 0.6 is 0 Å². The second-order valence-corrected chi connectivity index (χ2v) is 3.41. The van der Waals surface area contributed by atoms with Gasteiger partial charge in [0.05, 0.1) is 0 Å². The van der Waals surface area contributed by atoms with Gasteiger partial charge in [-0.2, -0.15) is 0 Å². The Kier molecular flexibility index (Phi) is 4.82. The van der Waals surface area contributed by atoms with E-state index >= 15 is 0 Å². The lowest BCUT2D eigenvalue weighted by Crippen LogP contribution is -2.17. The molecule has 1 heteroatoms. The Labute approximate surface area is 86.5 Å². The maximum absolute atomic E-state index is 5.28. The molecule has 0 bridgehead atoms. The monoisotopic (exact) mass is 187 g/mol. The Hall–Kier alpha value is -1.26. The van der Waals surface area contributed by atoms with Crippen LogP contribution in [0, 0.1) is 12.3 Å². The van der Waals surface area contributed by atoms with Gasteiger partial charge < -0.3 is 5.32 Å². The Morgan fingerprint density at radius 2 is 2.07 bits per heavy atom. The van der Waals surface area contributed by atoms with E-state index in [-0.39, 0.29) is 0 Å². The average molecular weight is 187 g/mol. The van der Waals surface area contributed by atoms with Gasteiger partial charge >= 0.3 is 0 Å². The zero-order valence-corrected chi connectivity index (χ0v) is 8.66. The molecule has 0 saturated carbocycles. The largest absolute Gasteiger partial charge is 0.319 e. The molecule has 1 rings (SSSR count). The van der Waals surface area contributed by atoms with Crippen LogP contribution in [0.5, 0.6) is 0 Å². The van der Waals surface area contributed by atoms with Crippen molar-refractivity contribution in [2.45, 2.75) is 18.8 Å². The van der Waals surface area contributed by atoms with E-state index in [4.69, 9.17) is 6.42 Å². The van der Waals surface area contributed by atoms with E-state index in [0.29, 0.717) is 5.92 Å². The Balaban J connectivity index is 2.63. The molecular formula is C13H17N. The average Bonchev–Trinajstić information content (AvgIpc) is 2.25. The summed E-state index contributed by atoms with van der Waals surface area (Å²) in [5.41, 5.74) is 1.37. The summed E-state index contributed by atoms with van der Waals surface area (Å²) >= 11 is 0. The second kappa shape index (κ2) is 6.23. The molecular weight excluding hydrogens is 170 g/mol. The fraction of sp³-hybridized carbons (Fsp3) is 0.385. The number of likely N-dealkylation sites (N-methyl/N-ethyl adjacent to an activating group) is 1. The summed E-state index contributed by atoms with van der Waals surface area (Å²) < 4.78 is 0. The van der Waals surface area contributed by atoms with E-state index in [2.05, 4.69) is 35.5 Å². The van der Waals surface area contributed by atoms with Gasteiger partial charge in [-0.15, -0.1) is 12.3 Å². The van der Waals surface area contributed by atoms with Crippen LogP contribution in [0.25, 0.3) is 0 Å². The maximum Gasteiger partial charge on any atom is 0.00923 e. The normalized spacial score (nSPS) is 12.0. The minimum atomic E-state index is 0.539. The van der Waals surface area contributed by atoms with Crippen LogP contribution in [0.2, 0.25) is 0 Å². The van der Waals surface area contributed by atoms with E-state index in [1.54, 1.807) is 0 Å². The summed E-state index contributed by atoms with van der Waals surface area (Å²) in [5.74, 6) is 3.24. The lowest BCUT2D eigenvalue weighted by atomic mass is 9.94. The van der Waals surface area contributed by atoms with Crippen LogP contribution in [0.1, 0.15) is 24.3 Å². The molecule has 1 unspecified atom stereocenters. The van der Waals surface area contributed by atoms with Gasteiger partial charge in [-0.05, 0) is 24.9 Å². The van der Waals surface area contributed by atoms with Gasteiger partial charge in [0.1, 0.15) is 0 Å². The molecule has 0 saturated heterocycles. The molecule has 1 aromatic rings. The Morgan fingerprint density at radius 1 is 1.36 bits per heavy atom. The van der Waals surface area contributed by atoms with Crippen molar-refractivity contribution >= 4 is 0 Å². The molecule has 74 valence electrons. The first-order valence-electron chi connectivity index (χ1n) is 5.01. The lowest BCUT2D eigenvalue weighted by molar-refractivity contribution is 0.594. The molecule has 0 aliphatic heterocycles. The minimum Gasteiger partial charge on any atom is -0.319 e. The first-order chi connectivity index (χ1) is 6.88. The third-order valence-electron chi connectivity index (χ3n) is 2.36. The van der Waals surface area contributed by atoms with Gasteiger partial charge in [-0.3, -0.25) is 0 Å². The van der Waals surface area contributed by atoms with Gasteiger partial charge in [-0.1, -0.05) is 30.3 Å². The topological polar surface area (TPSA) is 12.0 Å². The molecule has 1 nitrogen and oxygen atoms in total. The van der Waals surface area contributed by atoms with Crippen LogP contribution < -0.4 is 5.32 Å². The van der Waals surface area contributed by atoms with E-state index in [1.807, 2.05) is 13.1 Å². The quantitative estimate of drug-likeness (QED) is 0.698. The van der Waals surface area contributed by atoms with Crippen LogP contribution in [-0.2, 0) is 0 Å². The highest BCUT2D eigenvalue weighted by Crippen LogP contribution is 2.19. The van der Waals surface area contributed by atoms with Gasteiger partial charge in [0.2, 0.25) is 0 Å². The highest BCUT2D eigenvalue weighted by molar-refractivity contribution is 5.20. The molecule has 0 aliphatic carbocycles. The Morgan fingerprint density at radius 3 is 2.64 bits per heavy atom. The number of hydrogen-bond acceptors (Lipinski definition) is 1. The van der Waals surface area contributed by atoms with Crippen LogP contribution in [0.15, 0.2) is 30.3 Å². The highest BCUT2D eigenvalue weighted by Gasteiger charge is 2.08. The molecule has 1 atom stereocenters. The zero-order valence-electron chi connectivity index (χ0n) is 8.66. The third-order valence-corrected chi connectivity index (χ3v) is 2.36. The molecule has 1 N–H and O–H groups in total. The van der Waals surface area contributed by atoms with E-state index in [1.165, 1.54) is 5.56 Å². The zero-order chi connectivity index (χ0) is 10.2. The summed E-state index contributed by atoms with van der Waals surface area (Å²) in [4.78, 5) is 0. The first kappa shape index (κ1) is 10.8. The number of nitrogens with one attached hydrogen (secondary N) is 1. The molecule has 0 radical (unpaired) electrons. The SMILES string of the molecule is C#CCCC(CNC)c1ccccc1. The highest BCUT2D eigenvalue weighted by atomic mass is 14.8. The molecule has 14 heavy (non-hydrogen) atoms. The molecule has 0 amide bonds. The standard InChI is InChI=1S/C13H17N/c1-3-4-8-13(11-14-2)12-9-6-5-7-10-12/h1,5-7,9-10,13-14H,4,8,11H2,2H3. The van der Waals surface area contributed by atoms with Crippen molar-refractivity contribution in [3.05, 3.63) is 35.9 Å². The summed E-state index contributed by atoms with van der Waals surface area (Å²) in [7, 11) is 1.98. The summed E-state index contributed by atoms with van der Waals surface area (Å²) in [5, 5.41) is 3.21. The molecule has 0 spiro atoms. The number of hydrogen-bond donors (Lipinski definition) is 1.